The van der Waals surface area contributed by atoms with E-state index in [1.165, 1.54) is 0 Å². The Kier molecular flexibility index (Phi) is 29.3. The van der Waals surface area contributed by atoms with Gasteiger partial charge in [-0.2, -0.15) is 7.05 Å². The first-order valence-electron chi connectivity index (χ1n) is 2.97. The minimum atomic E-state index is 0. The summed E-state index contributed by atoms with van der Waals surface area (Å²) >= 11 is 0. The van der Waals surface area contributed by atoms with Crippen molar-refractivity contribution in [2.45, 2.75) is 13.8 Å². The zero-order valence-electron chi connectivity index (χ0n) is 7.10. The Morgan fingerprint density at radius 2 is 1.56 bits per heavy atom. The summed E-state index contributed by atoms with van der Waals surface area (Å²) in [6.45, 7) is 4.83. The quantitative estimate of drug-likeness (QED) is 0.735. The van der Waals surface area contributed by atoms with Crippen LogP contribution < -0.4 is 0 Å². The maximum atomic E-state index is 3.86. The molecule has 0 saturated carbocycles. The topological polar surface area (TPSA) is 17.3 Å². The minimum Gasteiger partial charge on any atom is -0.653 e. The van der Waals surface area contributed by atoms with Gasteiger partial charge in [-0.3, -0.25) is 0 Å². The molecule has 0 fully saturated rings. The van der Waals surface area contributed by atoms with Gasteiger partial charge in [0, 0.05) is 31.1 Å². The Morgan fingerprint density at radius 3 is 1.56 bits per heavy atom. The van der Waals surface area contributed by atoms with Crippen molar-refractivity contribution in [2.24, 2.45) is 0 Å². The van der Waals surface area contributed by atoms with Gasteiger partial charge in [-0.1, -0.05) is 20.5 Å². The molecule has 0 heterocycles. The summed E-state index contributed by atoms with van der Waals surface area (Å²) in [5.41, 5.74) is 0. The Bertz CT molecular complexity index is 32.2. The van der Waals surface area contributed by atoms with Gasteiger partial charge in [0.15, 0.2) is 0 Å². The molecule has 0 spiro atoms. The summed E-state index contributed by atoms with van der Waals surface area (Å²) in [5, 5.41) is 3.86. The molecule has 0 N–H and O–H groups in total. The van der Waals surface area contributed by atoms with Crippen molar-refractivity contribution in [1.82, 2.24) is 4.90 Å². The summed E-state index contributed by atoms with van der Waals surface area (Å²) in [5.74, 6) is 0. The smallest absolute Gasteiger partial charge is 0 e. The van der Waals surface area contributed by atoms with Crippen LogP contribution in [0.5, 0.6) is 0 Å². The molecule has 56 valence electrons. The third-order valence-electron chi connectivity index (χ3n) is 0.424. The summed E-state index contributed by atoms with van der Waals surface area (Å²) < 4.78 is 0. The Balaban J connectivity index is -0.000000109. The van der Waals surface area contributed by atoms with Crippen molar-refractivity contribution in [3.8, 4) is 0 Å². The van der Waals surface area contributed by atoms with Crippen LogP contribution in [0, 0.1) is 31.1 Å². The second kappa shape index (κ2) is 16.0. The third-order valence-corrected chi connectivity index (χ3v) is 0.424. The molecule has 0 atom stereocenters. The van der Waals surface area contributed by atoms with E-state index in [0.29, 0.717) is 0 Å². The van der Waals surface area contributed by atoms with Crippen LogP contribution in [-0.4, -0.2) is 32.7 Å². The van der Waals surface area contributed by atoms with Crippen molar-refractivity contribution >= 4 is 0 Å². The summed E-state index contributed by atoms with van der Waals surface area (Å²) in [4.78, 5) is 2.01. The fourth-order valence-corrected chi connectivity index (χ4v) is 0.283. The van der Waals surface area contributed by atoms with Crippen LogP contribution >= 0.6 is 0 Å². The molecule has 0 aliphatic rings. The van der Waals surface area contributed by atoms with E-state index in [1.54, 1.807) is 7.05 Å². The van der Waals surface area contributed by atoms with E-state index in [1.807, 2.05) is 32.8 Å². The number of rotatable bonds is 2. The van der Waals surface area contributed by atoms with Crippen molar-refractivity contribution in [1.29, 1.82) is 0 Å². The van der Waals surface area contributed by atoms with Gasteiger partial charge >= 0.3 is 0 Å². The number of nitrogens with zero attached hydrogens (tertiary/aromatic N) is 2. The molecule has 0 aliphatic carbocycles. The Morgan fingerprint density at radius 1 is 1.22 bits per heavy atom. The van der Waals surface area contributed by atoms with Crippen molar-refractivity contribution in [3.63, 3.8) is 0 Å². The van der Waals surface area contributed by atoms with Crippen molar-refractivity contribution in [3.05, 3.63) is 5.32 Å². The SMILES string of the molecule is CC.C[N-]CN(C)C.[U]. The molecule has 0 bridgehead atoms. The van der Waals surface area contributed by atoms with E-state index in [2.05, 4.69) is 5.32 Å². The van der Waals surface area contributed by atoms with Crippen LogP contribution in [0.2, 0.25) is 0 Å². The molecule has 0 aromatic carbocycles. The first-order chi connectivity index (χ1) is 3.77. The molecule has 9 heavy (non-hydrogen) atoms. The molecular weight excluding hydrogens is 338 g/mol. The molecule has 0 rings (SSSR count). The summed E-state index contributed by atoms with van der Waals surface area (Å²) in [6.07, 6.45) is 0. The number of hydrogen-bond acceptors (Lipinski definition) is 1. The van der Waals surface area contributed by atoms with Gasteiger partial charge < -0.3 is 10.2 Å². The Labute approximate surface area is 82.8 Å². The van der Waals surface area contributed by atoms with Gasteiger partial charge in [-0.15, -0.1) is 0 Å². The average Bonchev–Trinajstić information content (AvgIpc) is 1.72. The van der Waals surface area contributed by atoms with Gasteiger partial charge in [-0.25, -0.2) is 0 Å². The maximum Gasteiger partial charge on any atom is 0 e. The third kappa shape index (κ3) is 27.6. The molecule has 3 heteroatoms. The van der Waals surface area contributed by atoms with Gasteiger partial charge in [0.2, 0.25) is 0 Å². The van der Waals surface area contributed by atoms with E-state index in [9.17, 15) is 0 Å². The molecule has 0 aromatic rings. The molecular formula is C6H17N2U-. The molecule has 2 nitrogen and oxygen atoms in total. The van der Waals surface area contributed by atoms with Gasteiger partial charge in [0.25, 0.3) is 0 Å². The molecule has 0 aliphatic heterocycles. The van der Waals surface area contributed by atoms with Crippen LogP contribution in [0.3, 0.4) is 0 Å². The van der Waals surface area contributed by atoms with Crippen molar-refractivity contribution in [2.75, 3.05) is 27.8 Å². The predicted molar refractivity (Wildman–Crippen MR) is 39.2 cm³/mol. The van der Waals surface area contributed by atoms with E-state index in [-0.39, 0.29) is 31.1 Å². The second-order valence-electron chi connectivity index (χ2n) is 1.54. The first kappa shape index (κ1) is 16.5. The van der Waals surface area contributed by atoms with Crippen LogP contribution in [0.4, 0.5) is 0 Å². The average molecular weight is 355 g/mol. The Hall–Kier alpha value is 0.972. The van der Waals surface area contributed by atoms with Crippen molar-refractivity contribution < 1.29 is 31.1 Å². The van der Waals surface area contributed by atoms with E-state index < -0.39 is 0 Å². The molecule has 0 unspecified atom stereocenters. The van der Waals surface area contributed by atoms with Crippen LogP contribution in [0.1, 0.15) is 13.8 Å². The van der Waals surface area contributed by atoms with Crippen LogP contribution in [-0.2, 0) is 0 Å². The zero-order chi connectivity index (χ0) is 6.99. The second-order valence-corrected chi connectivity index (χ2v) is 1.54. The van der Waals surface area contributed by atoms with E-state index >= 15 is 0 Å². The van der Waals surface area contributed by atoms with E-state index in [0.717, 1.165) is 6.67 Å². The molecule has 0 aromatic heterocycles. The largest absolute Gasteiger partial charge is 0.653 e. The minimum absolute atomic E-state index is 0. The zero-order valence-corrected chi connectivity index (χ0v) is 11.3. The van der Waals surface area contributed by atoms with Gasteiger partial charge in [-0.05, 0) is 14.1 Å². The standard InChI is InChI=1S/C4H11N2.C2H6.U/c1-5-4-6(2)3;1-2;/h4H2,1-3H3;1-2H3;/q-1;;. The van der Waals surface area contributed by atoms with Crippen LogP contribution in [0.15, 0.2) is 0 Å². The predicted octanol–water partition coefficient (Wildman–Crippen LogP) is 1.54. The van der Waals surface area contributed by atoms with E-state index in [4.69, 9.17) is 0 Å². The normalized spacial score (nSPS) is 7.33. The first-order valence-corrected chi connectivity index (χ1v) is 2.97. The molecule has 0 amide bonds. The molecule has 0 radical (unpaired) electrons. The maximum absolute atomic E-state index is 3.86. The molecule has 0 saturated heterocycles. The van der Waals surface area contributed by atoms with Gasteiger partial charge in [0.05, 0.1) is 0 Å². The number of hydrogen-bond donors (Lipinski definition) is 0. The van der Waals surface area contributed by atoms with Crippen LogP contribution in [0.25, 0.3) is 5.32 Å². The van der Waals surface area contributed by atoms with Gasteiger partial charge in [0.1, 0.15) is 0 Å². The fraction of sp³-hybridized carbons (Fsp3) is 1.00. The summed E-state index contributed by atoms with van der Waals surface area (Å²) in [7, 11) is 5.79. The summed E-state index contributed by atoms with van der Waals surface area (Å²) in [6, 6.07) is 0. The monoisotopic (exact) mass is 355 g/mol. The fourth-order valence-electron chi connectivity index (χ4n) is 0.283.